The molecule has 0 saturated carbocycles. The zero-order valence-corrected chi connectivity index (χ0v) is 10.3. The smallest absolute Gasteiger partial charge is 0.279 e. The molecule has 92 valence electrons. The lowest BCUT2D eigenvalue weighted by molar-refractivity contribution is -0.899. The van der Waals surface area contributed by atoms with Crippen molar-refractivity contribution in [3.8, 4) is 0 Å². The number of amides is 1. The number of halogens is 1. The van der Waals surface area contributed by atoms with Crippen LogP contribution >= 0.6 is 11.6 Å². The second-order valence-electron chi connectivity index (χ2n) is 4.07. The summed E-state index contributed by atoms with van der Waals surface area (Å²) in [6.45, 7) is 3.70. The van der Waals surface area contributed by atoms with Crippen molar-refractivity contribution in [1.29, 1.82) is 0 Å². The Balaban J connectivity index is 1.86. The van der Waals surface area contributed by atoms with Crippen molar-refractivity contribution < 1.29 is 14.4 Å². The van der Waals surface area contributed by atoms with Crippen molar-refractivity contribution >= 4 is 23.2 Å². The van der Waals surface area contributed by atoms with E-state index in [9.17, 15) is 4.79 Å². The molecule has 0 spiro atoms. The lowest BCUT2D eigenvalue weighted by Crippen LogP contribution is -3.15. The Morgan fingerprint density at radius 2 is 2.06 bits per heavy atom. The molecule has 0 aliphatic carbocycles. The number of rotatable bonds is 3. The molecular formula is C12H16ClN2O2+. The van der Waals surface area contributed by atoms with Gasteiger partial charge in [-0.3, -0.25) is 4.79 Å². The van der Waals surface area contributed by atoms with Gasteiger partial charge in [0.25, 0.3) is 5.91 Å². The molecule has 1 saturated heterocycles. The summed E-state index contributed by atoms with van der Waals surface area (Å²) in [4.78, 5) is 13.1. The molecule has 0 unspecified atom stereocenters. The van der Waals surface area contributed by atoms with Gasteiger partial charge in [0.15, 0.2) is 6.54 Å². The summed E-state index contributed by atoms with van der Waals surface area (Å²) in [5, 5.41) is 3.39. The number of carbonyl (C=O) groups excluding carboxylic acids is 1. The first-order chi connectivity index (χ1) is 8.25. The quantitative estimate of drug-likeness (QED) is 0.810. The van der Waals surface area contributed by atoms with Gasteiger partial charge in [0.05, 0.1) is 23.9 Å². The molecule has 0 aromatic heterocycles. The van der Waals surface area contributed by atoms with Gasteiger partial charge in [-0.2, -0.15) is 0 Å². The van der Waals surface area contributed by atoms with Crippen LogP contribution in [0.4, 0.5) is 5.69 Å². The van der Waals surface area contributed by atoms with Gasteiger partial charge in [-0.1, -0.05) is 23.7 Å². The van der Waals surface area contributed by atoms with Crippen LogP contribution in [0.3, 0.4) is 0 Å². The molecule has 0 radical (unpaired) electrons. The summed E-state index contributed by atoms with van der Waals surface area (Å²) in [5.41, 5.74) is 0.673. The minimum absolute atomic E-state index is 0.00463. The van der Waals surface area contributed by atoms with E-state index >= 15 is 0 Å². The molecule has 1 aromatic rings. The Kier molecular flexibility index (Phi) is 4.36. The van der Waals surface area contributed by atoms with Crippen molar-refractivity contribution in [3.63, 3.8) is 0 Å². The van der Waals surface area contributed by atoms with Gasteiger partial charge >= 0.3 is 0 Å². The van der Waals surface area contributed by atoms with Gasteiger partial charge in [0.2, 0.25) is 0 Å². The molecule has 1 aromatic carbocycles. The zero-order chi connectivity index (χ0) is 12.1. The maximum Gasteiger partial charge on any atom is 0.279 e. The molecule has 0 atom stereocenters. The lowest BCUT2D eigenvalue weighted by Gasteiger charge is -2.23. The number of para-hydroxylation sites is 1. The van der Waals surface area contributed by atoms with Crippen LogP contribution in [0.2, 0.25) is 5.02 Å². The molecule has 1 fully saturated rings. The normalized spacial score (nSPS) is 16.8. The zero-order valence-electron chi connectivity index (χ0n) is 9.54. The SMILES string of the molecule is O=C(C[NH+]1CCOCC1)Nc1ccccc1Cl. The lowest BCUT2D eigenvalue weighted by atomic mass is 10.3. The van der Waals surface area contributed by atoms with E-state index in [0.717, 1.165) is 26.3 Å². The van der Waals surface area contributed by atoms with E-state index in [1.54, 1.807) is 12.1 Å². The Hall–Kier alpha value is -1.10. The van der Waals surface area contributed by atoms with Crippen LogP contribution < -0.4 is 10.2 Å². The van der Waals surface area contributed by atoms with Crippen LogP contribution in [0.25, 0.3) is 0 Å². The van der Waals surface area contributed by atoms with Gasteiger partial charge in [0.1, 0.15) is 13.1 Å². The summed E-state index contributed by atoms with van der Waals surface area (Å²) in [5.74, 6) is -0.00463. The minimum Gasteiger partial charge on any atom is -0.370 e. The topological polar surface area (TPSA) is 42.8 Å². The fourth-order valence-electron chi connectivity index (χ4n) is 1.82. The number of carbonyl (C=O) groups is 1. The van der Waals surface area contributed by atoms with Crippen LogP contribution in [0, 0.1) is 0 Å². The fraction of sp³-hybridized carbons (Fsp3) is 0.417. The maximum atomic E-state index is 11.8. The summed E-state index contributed by atoms with van der Waals surface area (Å²) >= 11 is 5.97. The third-order valence-electron chi connectivity index (χ3n) is 2.76. The van der Waals surface area contributed by atoms with Crippen molar-refractivity contribution in [2.75, 3.05) is 38.2 Å². The molecule has 1 aliphatic rings. The highest BCUT2D eigenvalue weighted by atomic mass is 35.5. The van der Waals surface area contributed by atoms with E-state index in [-0.39, 0.29) is 5.91 Å². The van der Waals surface area contributed by atoms with E-state index in [0.29, 0.717) is 17.3 Å². The predicted molar refractivity (Wildman–Crippen MR) is 66.5 cm³/mol. The average molecular weight is 256 g/mol. The van der Waals surface area contributed by atoms with E-state index in [1.165, 1.54) is 4.90 Å². The molecule has 5 heteroatoms. The Labute approximate surface area is 106 Å². The second-order valence-corrected chi connectivity index (χ2v) is 4.47. The van der Waals surface area contributed by atoms with E-state index in [2.05, 4.69) is 5.32 Å². The number of nitrogens with one attached hydrogen (secondary N) is 2. The van der Waals surface area contributed by atoms with Crippen LogP contribution in [-0.4, -0.2) is 38.8 Å². The van der Waals surface area contributed by atoms with Crippen molar-refractivity contribution in [2.45, 2.75) is 0 Å². The highest BCUT2D eigenvalue weighted by molar-refractivity contribution is 6.33. The van der Waals surface area contributed by atoms with E-state index in [4.69, 9.17) is 16.3 Å². The minimum atomic E-state index is -0.00463. The highest BCUT2D eigenvalue weighted by Crippen LogP contribution is 2.19. The Bertz CT molecular complexity index is 392. The van der Waals surface area contributed by atoms with E-state index in [1.807, 2.05) is 12.1 Å². The third-order valence-corrected chi connectivity index (χ3v) is 3.09. The van der Waals surface area contributed by atoms with Gasteiger partial charge in [-0.25, -0.2) is 0 Å². The number of hydrogen-bond donors (Lipinski definition) is 2. The van der Waals surface area contributed by atoms with Crippen molar-refractivity contribution in [3.05, 3.63) is 29.3 Å². The largest absolute Gasteiger partial charge is 0.370 e. The molecule has 1 amide bonds. The first kappa shape index (κ1) is 12.4. The summed E-state index contributed by atoms with van der Waals surface area (Å²) in [6.07, 6.45) is 0. The maximum absolute atomic E-state index is 11.8. The molecular weight excluding hydrogens is 240 g/mol. The molecule has 17 heavy (non-hydrogen) atoms. The number of morpholine rings is 1. The number of ether oxygens (including phenoxy) is 1. The number of quaternary nitrogens is 1. The van der Waals surface area contributed by atoms with Crippen LogP contribution in [0.1, 0.15) is 0 Å². The summed E-state index contributed by atoms with van der Waals surface area (Å²) in [6, 6.07) is 7.25. The number of anilines is 1. The van der Waals surface area contributed by atoms with Crippen LogP contribution in [0.15, 0.2) is 24.3 Å². The molecule has 4 nitrogen and oxygen atoms in total. The standard InChI is InChI=1S/C12H15ClN2O2/c13-10-3-1-2-4-11(10)14-12(16)9-15-5-7-17-8-6-15/h1-4H,5-9H2,(H,14,16)/p+1. The summed E-state index contributed by atoms with van der Waals surface area (Å²) in [7, 11) is 0. The number of benzene rings is 1. The average Bonchev–Trinajstić information content (AvgIpc) is 2.33. The van der Waals surface area contributed by atoms with Crippen LogP contribution in [0.5, 0.6) is 0 Å². The van der Waals surface area contributed by atoms with Crippen molar-refractivity contribution in [2.24, 2.45) is 0 Å². The third kappa shape index (κ3) is 3.70. The van der Waals surface area contributed by atoms with Gasteiger partial charge in [-0.15, -0.1) is 0 Å². The fourth-order valence-corrected chi connectivity index (χ4v) is 2.00. The molecule has 0 bridgehead atoms. The predicted octanol–water partition coefficient (Wildman–Crippen LogP) is 0.194. The van der Waals surface area contributed by atoms with Crippen molar-refractivity contribution in [1.82, 2.24) is 0 Å². The first-order valence-electron chi connectivity index (χ1n) is 5.71. The van der Waals surface area contributed by atoms with Gasteiger partial charge < -0.3 is 15.0 Å². The highest BCUT2D eigenvalue weighted by Gasteiger charge is 2.17. The van der Waals surface area contributed by atoms with Gasteiger partial charge in [-0.05, 0) is 12.1 Å². The Morgan fingerprint density at radius 1 is 1.35 bits per heavy atom. The molecule has 1 heterocycles. The van der Waals surface area contributed by atoms with E-state index < -0.39 is 0 Å². The molecule has 2 rings (SSSR count). The number of hydrogen-bond acceptors (Lipinski definition) is 2. The monoisotopic (exact) mass is 255 g/mol. The molecule has 1 aliphatic heterocycles. The van der Waals surface area contributed by atoms with Gasteiger partial charge in [0, 0.05) is 0 Å². The summed E-state index contributed by atoms with van der Waals surface area (Å²) < 4.78 is 5.25. The Morgan fingerprint density at radius 3 is 2.76 bits per heavy atom. The van der Waals surface area contributed by atoms with Crippen LogP contribution in [-0.2, 0) is 9.53 Å². The first-order valence-corrected chi connectivity index (χ1v) is 6.09. The second kappa shape index (κ2) is 6.00. The molecule has 2 N–H and O–H groups in total.